The highest BCUT2D eigenvalue weighted by molar-refractivity contribution is 7.68. The van der Waals surface area contributed by atoms with Gasteiger partial charge < -0.3 is 10.2 Å². The molecule has 2 aliphatic rings. The van der Waals surface area contributed by atoms with Gasteiger partial charge in [0.25, 0.3) is 0 Å². The van der Waals surface area contributed by atoms with Crippen LogP contribution in [0.4, 0.5) is 0 Å². The number of hydrogen-bond donors (Lipinski definition) is 2. The first-order chi connectivity index (χ1) is 11.5. The summed E-state index contributed by atoms with van der Waals surface area (Å²) >= 11 is 0. The molecule has 2 aliphatic heterocycles. The number of hydrogen-bond acceptors (Lipinski definition) is 4. The minimum atomic E-state index is -0.898. The summed E-state index contributed by atoms with van der Waals surface area (Å²) in [5, 5.41) is 21.5. The largest absolute Gasteiger partial charge is 0.481 e. The van der Waals surface area contributed by atoms with Gasteiger partial charge in [0, 0.05) is 18.9 Å². The summed E-state index contributed by atoms with van der Waals surface area (Å²) in [6, 6.07) is 8.41. The van der Waals surface area contributed by atoms with Crippen LogP contribution in [0.15, 0.2) is 24.3 Å². The van der Waals surface area contributed by atoms with Crippen LogP contribution in [-0.2, 0) is 9.59 Å². The fourth-order valence-corrected chi connectivity index (χ4v) is 8.55. The predicted octanol–water partition coefficient (Wildman–Crippen LogP) is 1.27. The van der Waals surface area contributed by atoms with Crippen LogP contribution >= 0.6 is 16.5 Å². The summed E-state index contributed by atoms with van der Waals surface area (Å²) in [6.45, 7) is 1.86. The van der Waals surface area contributed by atoms with Crippen LogP contribution in [0.25, 0.3) is 0 Å². The summed E-state index contributed by atoms with van der Waals surface area (Å²) in [5.74, 6) is -1.77. The summed E-state index contributed by atoms with van der Waals surface area (Å²) in [4.78, 5) is 27.1. The van der Waals surface area contributed by atoms with E-state index in [-0.39, 0.29) is 13.0 Å². The molecule has 0 amide bonds. The smallest absolute Gasteiger partial charge is 0.317 e. The minimum absolute atomic E-state index is 0.0409. The zero-order valence-electron chi connectivity index (χ0n) is 13.6. The Labute approximate surface area is 144 Å². The quantitative estimate of drug-likeness (QED) is 0.762. The van der Waals surface area contributed by atoms with Crippen molar-refractivity contribution in [2.75, 3.05) is 25.4 Å². The fourth-order valence-electron chi connectivity index (χ4n) is 3.75. The van der Waals surface area contributed by atoms with Crippen molar-refractivity contribution >= 4 is 39.0 Å². The maximum atomic E-state index is 11.5. The van der Waals surface area contributed by atoms with Crippen LogP contribution in [0.2, 0.25) is 0 Å². The van der Waals surface area contributed by atoms with Crippen molar-refractivity contribution in [3.63, 3.8) is 0 Å². The molecule has 0 spiro atoms. The monoisotopic (exact) mass is 368 g/mol. The maximum absolute atomic E-state index is 11.5. The first-order valence-electron chi connectivity index (χ1n) is 7.98. The van der Waals surface area contributed by atoms with E-state index in [1.54, 1.807) is 0 Å². The molecule has 0 aliphatic carbocycles. The highest BCUT2D eigenvalue weighted by Gasteiger charge is 2.49. The molecule has 130 valence electrons. The first kappa shape index (κ1) is 17.8. The van der Waals surface area contributed by atoms with Gasteiger partial charge in [0.1, 0.15) is 0 Å². The standard InChI is InChI=1S/C16H22N2O4P2/c1-2-16(7-14(19)20)17(8-15(21)22)10-24-11-18(16)9-23-12-5-3-4-6-13(12)24/h3-6,23H,2,7-11H2,1H3,(H,19,20)(H,21,22). The Hall–Kier alpha value is -1.06. The second-order valence-electron chi connectivity index (χ2n) is 6.21. The summed E-state index contributed by atoms with van der Waals surface area (Å²) in [7, 11) is 0.0849. The van der Waals surface area contributed by atoms with Gasteiger partial charge in [-0.3, -0.25) is 19.4 Å². The molecule has 4 unspecified atom stereocenters. The van der Waals surface area contributed by atoms with Crippen molar-refractivity contribution in [1.82, 2.24) is 9.80 Å². The van der Waals surface area contributed by atoms with Crippen LogP contribution in [0.5, 0.6) is 0 Å². The van der Waals surface area contributed by atoms with Gasteiger partial charge in [-0.05, 0) is 25.0 Å². The summed E-state index contributed by atoms with van der Waals surface area (Å²) in [5.41, 5.74) is -0.696. The molecule has 0 radical (unpaired) electrons. The van der Waals surface area contributed by atoms with Crippen molar-refractivity contribution in [1.29, 1.82) is 0 Å². The zero-order valence-corrected chi connectivity index (χ0v) is 15.5. The molecular formula is C16H22N2O4P2. The topological polar surface area (TPSA) is 81.1 Å². The number of carboxylic acid groups (broad SMARTS) is 2. The molecule has 6 nitrogen and oxygen atoms in total. The Morgan fingerprint density at radius 2 is 2.00 bits per heavy atom. The third-order valence-corrected chi connectivity index (χ3v) is 8.90. The van der Waals surface area contributed by atoms with E-state index in [9.17, 15) is 19.8 Å². The number of fused-ring (bicyclic) bond motifs is 4. The van der Waals surface area contributed by atoms with E-state index in [1.807, 2.05) is 24.0 Å². The molecular weight excluding hydrogens is 346 g/mol. The van der Waals surface area contributed by atoms with E-state index in [0.717, 1.165) is 12.6 Å². The maximum Gasteiger partial charge on any atom is 0.317 e. The highest BCUT2D eigenvalue weighted by atomic mass is 31.1. The molecule has 0 aromatic heterocycles. The van der Waals surface area contributed by atoms with Gasteiger partial charge in [-0.15, -0.1) is 0 Å². The molecule has 1 saturated heterocycles. The van der Waals surface area contributed by atoms with E-state index in [1.165, 1.54) is 10.6 Å². The summed E-state index contributed by atoms with van der Waals surface area (Å²) in [6.07, 6.45) is 2.88. The number of carboxylic acids is 2. The number of nitrogens with zero attached hydrogens (tertiary/aromatic N) is 2. The van der Waals surface area contributed by atoms with Crippen LogP contribution in [0.1, 0.15) is 19.8 Å². The molecule has 0 saturated carbocycles. The van der Waals surface area contributed by atoms with Gasteiger partial charge in [-0.2, -0.15) is 0 Å². The molecule has 2 bridgehead atoms. The zero-order chi connectivity index (χ0) is 17.3. The number of carbonyl (C=O) groups is 2. The minimum Gasteiger partial charge on any atom is -0.481 e. The Kier molecular flexibility index (Phi) is 5.22. The Morgan fingerprint density at radius 3 is 2.67 bits per heavy atom. The van der Waals surface area contributed by atoms with E-state index >= 15 is 0 Å². The molecule has 8 heteroatoms. The third kappa shape index (κ3) is 3.21. The molecule has 24 heavy (non-hydrogen) atoms. The van der Waals surface area contributed by atoms with Crippen molar-refractivity contribution in [3.8, 4) is 0 Å². The molecule has 3 rings (SSSR count). The van der Waals surface area contributed by atoms with Crippen molar-refractivity contribution in [3.05, 3.63) is 24.3 Å². The molecule has 2 heterocycles. The average Bonchev–Trinajstić information content (AvgIpc) is 2.69. The van der Waals surface area contributed by atoms with Crippen LogP contribution in [0, 0.1) is 0 Å². The second kappa shape index (κ2) is 7.05. The molecule has 2 N–H and O–H groups in total. The normalized spacial score (nSPS) is 30.5. The Balaban J connectivity index is 2.02. The lowest BCUT2D eigenvalue weighted by molar-refractivity contribution is -0.153. The van der Waals surface area contributed by atoms with Crippen molar-refractivity contribution in [2.45, 2.75) is 25.4 Å². The van der Waals surface area contributed by atoms with Crippen LogP contribution in [0.3, 0.4) is 0 Å². The lowest BCUT2D eigenvalue weighted by Crippen LogP contribution is -2.65. The highest BCUT2D eigenvalue weighted by Crippen LogP contribution is 2.50. The van der Waals surface area contributed by atoms with Gasteiger partial charge in [-0.1, -0.05) is 39.8 Å². The van der Waals surface area contributed by atoms with Gasteiger partial charge in [0.05, 0.1) is 18.6 Å². The lowest BCUT2D eigenvalue weighted by Gasteiger charge is -2.54. The number of rotatable bonds is 5. The van der Waals surface area contributed by atoms with Crippen LogP contribution in [-0.4, -0.2) is 63.0 Å². The molecule has 1 aromatic carbocycles. The number of aliphatic carboxylic acids is 2. The van der Waals surface area contributed by atoms with Crippen LogP contribution < -0.4 is 10.6 Å². The number of benzene rings is 1. The Morgan fingerprint density at radius 1 is 1.25 bits per heavy atom. The summed E-state index contributed by atoms with van der Waals surface area (Å²) < 4.78 is 0. The SMILES string of the molecule is CCC1(CC(=O)O)N2CPc3ccccc3P(C2)CN1CC(=O)O. The molecule has 1 fully saturated rings. The first-order valence-corrected chi connectivity index (χ1v) is 10.9. The van der Waals surface area contributed by atoms with Gasteiger partial charge in [-0.25, -0.2) is 0 Å². The van der Waals surface area contributed by atoms with Gasteiger partial charge >= 0.3 is 11.9 Å². The Bertz CT molecular complexity index is 657. The molecule has 1 aromatic rings. The predicted molar refractivity (Wildman–Crippen MR) is 97.0 cm³/mol. The van der Waals surface area contributed by atoms with Gasteiger partial charge in [0.2, 0.25) is 0 Å². The van der Waals surface area contributed by atoms with Crippen molar-refractivity contribution in [2.24, 2.45) is 0 Å². The lowest BCUT2D eigenvalue weighted by atomic mass is 9.99. The van der Waals surface area contributed by atoms with Crippen molar-refractivity contribution < 1.29 is 19.8 Å². The van der Waals surface area contributed by atoms with E-state index in [2.05, 4.69) is 17.0 Å². The second-order valence-corrected chi connectivity index (χ2v) is 9.55. The van der Waals surface area contributed by atoms with E-state index in [0.29, 0.717) is 21.3 Å². The third-order valence-electron chi connectivity index (χ3n) is 4.89. The fraction of sp³-hybridized carbons (Fsp3) is 0.500. The van der Waals surface area contributed by atoms with E-state index < -0.39 is 25.5 Å². The van der Waals surface area contributed by atoms with Gasteiger partial charge in [0.15, 0.2) is 0 Å². The average molecular weight is 368 g/mol. The van der Waals surface area contributed by atoms with E-state index in [4.69, 9.17) is 0 Å². The molecule has 4 atom stereocenters.